The van der Waals surface area contributed by atoms with E-state index in [1.807, 2.05) is 0 Å². The third-order valence-electron chi connectivity index (χ3n) is 2.43. The summed E-state index contributed by atoms with van der Waals surface area (Å²) < 4.78 is -0.953. The number of hydrogen-bond donors (Lipinski definition) is 0. The normalized spacial score (nSPS) is 43.1. The molecule has 0 radical (unpaired) electrons. The van der Waals surface area contributed by atoms with Crippen LogP contribution in [0.5, 0.6) is 0 Å². The first-order valence-corrected chi connectivity index (χ1v) is 4.06. The van der Waals surface area contributed by atoms with E-state index in [9.17, 15) is 4.79 Å². The highest BCUT2D eigenvalue weighted by Crippen LogP contribution is 2.69. The second-order valence-electron chi connectivity index (χ2n) is 2.82. The Bertz CT molecular complexity index is 189. The fourth-order valence-electron chi connectivity index (χ4n) is 1.04. The van der Waals surface area contributed by atoms with Crippen molar-refractivity contribution in [3.8, 4) is 0 Å². The van der Waals surface area contributed by atoms with E-state index >= 15 is 0 Å². The molecule has 58 valence electrons. The predicted molar refractivity (Wildman–Crippen MR) is 42.6 cm³/mol. The maximum atomic E-state index is 10.8. The molecule has 0 aromatic rings. The predicted octanol–water partition coefficient (Wildman–Crippen LogP) is 2.58. The Morgan fingerprint density at radius 2 is 1.80 bits per heavy atom. The molecule has 1 nitrogen and oxygen atoms in total. The molecular formula is C6H7Cl3O. The second-order valence-corrected chi connectivity index (χ2v) is 4.55. The van der Waals surface area contributed by atoms with Gasteiger partial charge < -0.3 is 0 Å². The average Bonchev–Trinajstić information content (AvgIpc) is 2.16. The summed E-state index contributed by atoms with van der Waals surface area (Å²) >= 11 is 16.8. The monoisotopic (exact) mass is 200 g/mol. The Morgan fingerprint density at radius 3 is 1.80 bits per heavy atom. The van der Waals surface area contributed by atoms with Crippen LogP contribution in [0.2, 0.25) is 0 Å². The van der Waals surface area contributed by atoms with Gasteiger partial charge in [-0.25, -0.2) is 0 Å². The third kappa shape index (κ3) is 0.744. The number of hydrogen-bond acceptors (Lipinski definition) is 1. The van der Waals surface area contributed by atoms with Crippen LogP contribution in [0, 0.1) is 11.3 Å². The molecule has 0 N–H and O–H groups in total. The number of carbonyl (C=O) groups is 1. The highest BCUT2D eigenvalue weighted by atomic mass is 35.5. The highest BCUT2D eigenvalue weighted by molar-refractivity contribution is 6.68. The Morgan fingerprint density at radius 1 is 1.50 bits per heavy atom. The zero-order valence-corrected chi connectivity index (χ0v) is 7.89. The van der Waals surface area contributed by atoms with Gasteiger partial charge in [-0.1, -0.05) is 6.92 Å². The summed E-state index contributed by atoms with van der Waals surface area (Å²) in [7, 11) is 0. The quantitative estimate of drug-likeness (QED) is 0.471. The van der Waals surface area contributed by atoms with Crippen LogP contribution in [-0.4, -0.2) is 9.58 Å². The molecule has 1 saturated carbocycles. The van der Waals surface area contributed by atoms with Crippen LogP contribution >= 0.6 is 34.8 Å². The molecule has 0 spiro atoms. The lowest BCUT2D eigenvalue weighted by atomic mass is 10.1. The van der Waals surface area contributed by atoms with E-state index in [1.165, 1.54) is 0 Å². The van der Waals surface area contributed by atoms with Crippen molar-refractivity contribution in [2.24, 2.45) is 11.3 Å². The van der Waals surface area contributed by atoms with Crippen molar-refractivity contribution in [1.82, 2.24) is 0 Å². The Balaban J connectivity index is 2.88. The molecule has 1 rings (SSSR count). The first-order chi connectivity index (χ1) is 4.35. The summed E-state index contributed by atoms with van der Waals surface area (Å²) in [5.41, 5.74) is -0.738. The molecule has 0 unspecified atom stereocenters. The second kappa shape index (κ2) is 2.02. The minimum Gasteiger partial charge on any atom is -0.281 e. The number of carbonyl (C=O) groups excluding carboxylic acids is 1. The van der Waals surface area contributed by atoms with Gasteiger partial charge in [0, 0.05) is 5.92 Å². The summed E-state index contributed by atoms with van der Waals surface area (Å²) in [4.78, 5) is 10.8. The molecule has 0 aromatic heterocycles. The lowest BCUT2D eigenvalue weighted by Crippen LogP contribution is -2.12. The van der Waals surface area contributed by atoms with E-state index in [2.05, 4.69) is 0 Å². The summed E-state index contributed by atoms with van der Waals surface area (Å²) in [6.07, 6.45) is 0. The molecule has 0 aromatic carbocycles. The zero-order chi connectivity index (χ0) is 8.15. The van der Waals surface area contributed by atoms with Crippen molar-refractivity contribution >= 4 is 40.0 Å². The van der Waals surface area contributed by atoms with Crippen molar-refractivity contribution in [3.63, 3.8) is 0 Å². The lowest BCUT2D eigenvalue weighted by Gasteiger charge is -2.02. The minimum atomic E-state index is -0.953. The Hall–Kier alpha value is 0.540. The van der Waals surface area contributed by atoms with Crippen LogP contribution < -0.4 is 0 Å². The molecule has 0 saturated heterocycles. The Kier molecular flexibility index (Phi) is 1.75. The lowest BCUT2D eigenvalue weighted by molar-refractivity contribution is -0.116. The molecule has 0 bridgehead atoms. The SMILES string of the molecule is C[C@H]1C(Cl)(Cl)[C@@]1(C)C(=O)Cl. The number of alkyl halides is 2. The van der Waals surface area contributed by atoms with Crippen molar-refractivity contribution in [1.29, 1.82) is 0 Å². The van der Waals surface area contributed by atoms with Crippen LogP contribution in [0.4, 0.5) is 0 Å². The first kappa shape index (κ1) is 8.63. The van der Waals surface area contributed by atoms with E-state index < -0.39 is 15.0 Å². The van der Waals surface area contributed by atoms with Gasteiger partial charge in [0.15, 0.2) is 0 Å². The molecule has 1 fully saturated rings. The van der Waals surface area contributed by atoms with Gasteiger partial charge in [0.05, 0.1) is 5.41 Å². The van der Waals surface area contributed by atoms with Crippen molar-refractivity contribution in [2.75, 3.05) is 0 Å². The highest BCUT2D eigenvalue weighted by Gasteiger charge is 2.74. The molecule has 2 atom stereocenters. The smallest absolute Gasteiger partial charge is 0.230 e. The molecule has 0 aliphatic heterocycles. The Labute approximate surface area is 74.6 Å². The fraction of sp³-hybridized carbons (Fsp3) is 0.833. The summed E-state index contributed by atoms with van der Waals surface area (Å²) in [5, 5.41) is -0.454. The average molecular weight is 201 g/mol. The van der Waals surface area contributed by atoms with Gasteiger partial charge in [-0.2, -0.15) is 0 Å². The van der Waals surface area contributed by atoms with Crippen LogP contribution in [0.15, 0.2) is 0 Å². The van der Waals surface area contributed by atoms with Crippen molar-refractivity contribution in [3.05, 3.63) is 0 Å². The van der Waals surface area contributed by atoms with E-state index in [4.69, 9.17) is 34.8 Å². The topological polar surface area (TPSA) is 17.1 Å². The van der Waals surface area contributed by atoms with Crippen molar-refractivity contribution in [2.45, 2.75) is 18.2 Å². The van der Waals surface area contributed by atoms with Gasteiger partial charge in [0.2, 0.25) is 5.24 Å². The van der Waals surface area contributed by atoms with E-state index in [0.29, 0.717) is 0 Å². The summed E-state index contributed by atoms with van der Waals surface area (Å²) in [6, 6.07) is 0. The van der Waals surface area contributed by atoms with Crippen LogP contribution in [0.25, 0.3) is 0 Å². The van der Waals surface area contributed by atoms with Gasteiger partial charge >= 0.3 is 0 Å². The molecule has 10 heavy (non-hydrogen) atoms. The molecule has 1 aliphatic carbocycles. The van der Waals surface area contributed by atoms with E-state index in [1.54, 1.807) is 13.8 Å². The van der Waals surface area contributed by atoms with Gasteiger partial charge in [-0.15, -0.1) is 23.2 Å². The largest absolute Gasteiger partial charge is 0.281 e. The van der Waals surface area contributed by atoms with Gasteiger partial charge in [-0.05, 0) is 18.5 Å². The summed E-state index contributed by atoms with van der Waals surface area (Å²) in [6.45, 7) is 3.48. The van der Waals surface area contributed by atoms with Crippen LogP contribution in [-0.2, 0) is 4.79 Å². The van der Waals surface area contributed by atoms with Crippen LogP contribution in [0.3, 0.4) is 0 Å². The summed E-state index contributed by atoms with van der Waals surface area (Å²) in [5.74, 6) is -0.0478. The molecule has 0 heterocycles. The zero-order valence-electron chi connectivity index (χ0n) is 5.62. The molecule has 4 heteroatoms. The maximum Gasteiger partial charge on any atom is 0.230 e. The van der Waals surface area contributed by atoms with E-state index in [-0.39, 0.29) is 5.92 Å². The fourth-order valence-corrected chi connectivity index (χ4v) is 2.27. The number of rotatable bonds is 1. The van der Waals surface area contributed by atoms with Gasteiger partial charge in [-0.3, -0.25) is 4.79 Å². The van der Waals surface area contributed by atoms with Crippen LogP contribution in [0.1, 0.15) is 13.8 Å². The van der Waals surface area contributed by atoms with Crippen molar-refractivity contribution < 1.29 is 4.79 Å². The maximum absolute atomic E-state index is 10.8. The molecular weight excluding hydrogens is 194 g/mol. The molecule has 0 amide bonds. The number of halogens is 3. The molecule has 1 aliphatic rings. The van der Waals surface area contributed by atoms with E-state index in [0.717, 1.165) is 0 Å². The van der Waals surface area contributed by atoms with Gasteiger partial charge in [0.1, 0.15) is 4.33 Å². The minimum absolute atomic E-state index is 0.0478. The van der Waals surface area contributed by atoms with Gasteiger partial charge in [0.25, 0.3) is 0 Å². The standard InChI is InChI=1S/C6H7Cl3O/c1-3-5(2,4(7)10)6(3,8)9/h3H,1-2H3/t3-,5-/m1/s1. The first-order valence-electron chi connectivity index (χ1n) is 2.93. The third-order valence-corrected chi connectivity index (χ3v) is 4.26.